The lowest BCUT2D eigenvalue weighted by Gasteiger charge is -2.23. The van der Waals surface area contributed by atoms with Gasteiger partial charge in [0.2, 0.25) is 0 Å². The highest BCUT2D eigenvalue weighted by molar-refractivity contribution is 5.14. The summed E-state index contributed by atoms with van der Waals surface area (Å²) in [7, 11) is 0. The molecular formula is C10H17NO3. The van der Waals surface area contributed by atoms with E-state index in [1.165, 1.54) is 0 Å². The van der Waals surface area contributed by atoms with Gasteiger partial charge in [-0.15, -0.1) is 0 Å². The van der Waals surface area contributed by atoms with Crippen LogP contribution in [0.15, 0.2) is 12.2 Å². The molecule has 2 unspecified atom stereocenters. The van der Waals surface area contributed by atoms with Crippen molar-refractivity contribution in [1.82, 2.24) is 0 Å². The van der Waals surface area contributed by atoms with Gasteiger partial charge in [-0.05, 0) is 13.8 Å². The Bertz CT molecular complexity index is 252. The van der Waals surface area contributed by atoms with Gasteiger partial charge in [0, 0.05) is 12.5 Å². The number of aliphatic hydroxyl groups excluding tert-OH is 1. The van der Waals surface area contributed by atoms with Gasteiger partial charge in [-0.2, -0.15) is 0 Å². The Hall–Kier alpha value is -0.420. The fourth-order valence-corrected chi connectivity index (χ4v) is 2.12. The average molecular weight is 199 g/mol. The van der Waals surface area contributed by atoms with E-state index in [1.807, 2.05) is 26.0 Å². The Kier molecular flexibility index (Phi) is 2.39. The van der Waals surface area contributed by atoms with Gasteiger partial charge in [0.15, 0.2) is 5.79 Å². The molecule has 2 aliphatic rings. The Labute approximate surface area is 83.7 Å². The molecule has 4 atom stereocenters. The minimum atomic E-state index is -0.549. The second-order valence-corrected chi connectivity index (χ2v) is 4.33. The van der Waals surface area contributed by atoms with E-state index in [4.69, 9.17) is 15.2 Å². The molecule has 0 bridgehead atoms. The lowest BCUT2D eigenvalue weighted by molar-refractivity contribution is -0.151. The molecule has 1 saturated heterocycles. The standard InChI is InChI=1S/C10H17NO3/c1-10(2)13-8-4-3-6(7(12)5-11)9(8)14-10/h3-4,6-9,12H,5,11H2,1-2H3/t6-,7?,8?,9+/m0/s1. The van der Waals surface area contributed by atoms with Crippen molar-refractivity contribution in [1.29, 1.82) is 0 Å². The normalized spacial score (nSPS) is 41.3. The summed E-state index contributed by atoms with van der Waals surface area (Å²) >= 11 is 0. The number of ether oxygens (including phenoxy) is 2. The van der Waals surface area contributed by atoms with E-state index in [9.17, 15) is 5.11 Å². The average Bonchev–Trinajstić information content (AvgIpc) is 2.58. The number of hydrogen-bond donors (Lipinski definition) is 2. The third-order valence-corrected chi connectivity index (χ3v) is 2.75. The van der Waals surface area contributed by atoms with E-state index in [0.29, 0.717) is 0 Å². The van der Waals surface area contributed by atoms with Crippen LogP contribution in [0.25, 0.3) is 0 Å². The summed E-state index contributed by atoms with van der Waals surface area (Å²) in [4.78, 5) is 0. The highest BCUT2D eigenvalue weighted by Gasteiger charge is 2.47. The molecule has 0 aromatic heterocycles. The van der Waals surface area contributed by atoms with Crippen LogP contribution in [-0.2, 0) is 9.47 Å². The molecule has 2 rings (SSSR count). The monoisotopic (exact) mass is 199 g/mol. The van der Waals surface area contributed by atoms with Crippen LogP contribution in [0.4, 0.5) is 0 Å². The maximum absolute atomic E-state index is 9.66. The van der Waals surface area contributed by atoms with Crippen LogP contribution >= 0.6 is 0 Å². The summed E-state index contributed by atoms with van der Waals surface area (Å²) in [6, 6.07) is 0. The maximum Gasteiger partial charge on any atom is 0.164 e. The van der Waals surface area contributed by atoms with Gasteiger partial charge in [0.25, 0.3) is 0 Å². The van der Waals surface area contributed by atoms with Crippen molar-refractivity contribution >= 4 is 0 Å². The van der Waals surface area contributed by atoms with Gasteiger partial charge in [-0.3, -0.25) is 0 Å². The Morgan fingerprint density at radius 1 is 1.43 bits per heavy atom. The fourth-order valence-electron chi connectivity index (χ4n) is 2.12. The highest BCUT2D eigenvalue weighted by atomic mass is 16.8. The van der Waals surface area contributed by atoms with Crippen molar-refractivity contribution in [3.8, 4) is 0 Å². The first kappa shape index (κ1) is 10.1. The predicted octanol–water partition coefficient (Wildman–Crippen LogP) is 0.0121. The summed E-state index contributed by atoms with van der Waals surface area (Å²) in [5.74, 6) is -0.584. The van der Waals surface area contributed by atoms with Crippen LogP contribution in [0.5, 0.6) is 0 Å². The first-order valence-electron chi connectivity index (χ1n) is 4.95. The Morgan fingerprint density at radius 3 is 2.79 bits per heavy atom. The zero-order valence-electron chi connectivity index (χ0n) is 8.51. The summed E-state index contributed by atoms with van der Waals surface area (Å²) in [5.41, 5.74) is 5.42. The Morgan fingerprint density at radius 2 is 2.14 bits per heavy atom. The summed E-state index contributed by atoms with van der Waals surface area (Å²) < 4.78 is 11.3. The zero-order valence-corrected chi connectivity index (χ0v) is 8.51. The van der Waals surface area contributed by atoms with Crippen LogP contribution in [0.3, 0.4) is 0 Å². The second-order valence-electron chi connectivity index (χ2n) is 4.33. The number of rotatable bonds is 2. The van der Waals surface area contributed by atoms with Gasteiger partial charge in [0.05, 0.1) is 12.2 Å². The van der Waals surface area contributed by atoms with E-state index in [1.54, 1.807) is 0 Å². The minimum absolute atomic E-state index is 0.0313. The quantitative estimate of drug-likeness (QED) is 0.615. The van der Waals surface area contributed by atoms with Gasteiger partial charge in [-0.1, -0.05) is 12.2 Å². The lowest BCUT2D eigenvalue weighted by atomic mass is 9.99. The van der Waals surface area contributed by atoms with Crippen LogP contribution in [-0.4, -0.2) is 35.8 Å². The molecular weight excluding hydrogens is 182 g/mol. The molecule has 0 aromatic rings. The van der Waals surface area contributed by atoms with Crippen molar-refractivity contribution in [2.75, 3.05) is 6.54 Å². The maximum atomic E-state index is 9.66. The van der Waals surface area contributed by atoms with E-state index in [0.717, 1.165) is 0 Å². The highest BCUT2D eigenvalue weighted by Crippen LogP contribution is 2.38. The van der Waals surface area contributed by atoms with E-state index < -0.39 is 11.9 Å². The predicted molar refractivity (Wildman–Crippen MR) is 51.5 cm³/mol. The fraction of sp³-hybridized carbons (Fsp3) is 0.800. The molecule has 0 amide bonds. The van der Waals surface area contributed by atoms with Crippen molar-refractivity contribution < 1.29 is 14.6 Å². The van der Waals surface area contributed by atoms with Gasteiger partial charge in [-0.25, -0.2) is 0 Å². The van der Waals surface area contributed by atoms with Crippen molar-refractivity contribution in [2.45, 2.75) is 37.9 Å². The van der Waals surface area contributed by atoms with Crippen LogP contribution in [0.1, 0.15) is 13.8 Å². The van der Waals surface area contributed by atoms with E-state index in [2.05, 4.69) is 0 Å². The number of fused-ring (bicyclic) bond motifs is 1. The lowest BCUT2D eigenvalue weighted by Crippen LogP contribution is -2.37. The topological polar surface area (TPSA) is 64.7 Å². The van der Waals surface area contributed by atoms with Crippen LogP contribution in [0, 0.1) is 5.92 Å². The van der Waals surface area contributed by atoms with E-state index >= 15 is 0 Å². The summed E-state index contributed by atoms with van der Waals surface area (Å²) in [6.07, 6.45) is 3.23. The van der Waals surface area contributed by atoms with Gasteiger partial charge in [0.1, 0.15) is 6.10 Å². The van der Waals surface area contributed by atoms with Crippen LogP contribution in [0.2, 0.25) is 0 Å². The first-order valence-corrected chi connectivity index (χ1v) is 4.95. The summed E-state index contributed by atoms with van der Waals surface area (Å²) in [5, 5.41) is 9.66. The second kappa shape index (κ2) is 3.31. The van der Waals surface area contributed by atoms with Crippen LogP contribution < -0.4 is 5.73 Å². The molecule has 14 heavy (non-hydrogen) atoms. The molecule has 1 fully saturated rings. The molecule has 80 valence electrons. The summed E-state index contributed by atoms with van der Waals surface area (Å²) in [6.45, 7) is 4.01. The first-order chi connectivity index (χ1) is 6.53. The Balaban J connectivity index is 2.09. The number of hydrogen-bond acceptors (Lipinski definition) is 4. The molecule has 1 heterocycles. The number of nitrogens with two attached hydrogens (primary N) is 1. The molecule has 0 aromatic carbocycles. The molecule has 4 nitrogen and oxygen atoms in total. The zero-order chi connectivity index (χ0) is 10.3. The molecule has 4 heteroatoms. The molecule has 3 N–H and O–H groups in total. The third-order valence-electron chi connectivity index (χ3n) is 2.75. The van der Waals surface area contributed by atoms with E-state index in [-0.39, 0.29) is 24.7 Å². The largest absolute Gasteiger partial charge is 0.391 e. The molecule has 1 aliphatic heterocycles. The number of aliphatic hydroxyl groups is 1. The third kappa shape index (κ3) is 1.59. The molecule has 1 aliphatic carbocycles. The minimum Gasteiger partial charge on any atom is -0.391 e. The van der Waals surface area contributed by atoms with Crippen molar-refractivity contribution in [3.05, 3.63) is 12.2 Å². The smallest absolute Gasteiger partial charge is 0.164 e. The van der Waals surface area contributed by atoms with Crippen molar-refractivity contribution in [3.63, 3.8) is 0 Å². The van der Waals surface area contributed by atoms with Gasteiger partial charge >= 0.3 is 0 Å². The molecule has 0 spiro atoms. The molecule has 0 radical (unpaired) electrons. The SMILES string of the molecule is CC1(C)OC2C=C[C@@H](C(O)CN)[C@H]2O1. The van der Waals surface area contributed by atoms with Crippen molar-refractivity contribution in [2.24, 2.45) is 11.7 Å². The van der Waals surface area contributed by atoms with Gasteiger partial charge < -0.3 is 20.3 Å². The molecule has 0 saturated carbocycles.